The van der Waals surface area contributed by atoms with Crippen molar-refractivity contribution in [3.63, 3.8) is 0 Å². The molecule has 5 rings (SSSR count). The van der Waals surface area contributed by atoms with E-state index in [4.69, 9.17) is 11.6 Å². The highest BCUT2D eigenvalue weighted by atomic mass is 35.5. The Labute approximate surface area is 201 Å². The number of anilines is 2. The highest BCUT2D eigenvalue weighted by molar-refractivity contribution is 6.30. The van der Waals surface area contributed by atoms with Crippen molar-refractivity contribution in [2.24, 2.45) is 0 Å². The standard InChI is InChI=1S/C25H33ClN6O/c1-29-10-12-30(13-11-29)22-18-23(28-19-27-22)31-14-16-32(17-15-31)24(33)25(8-2-3-9-25)20-4-6-21(26)7-5-20/h4-7,18-19H,2-3,8-17H2,1H3. The molecule has 33 heavy (non-hydrogen) atoms. The molecule has 176 valence electrons. The number of carbonyl (C=O) groups is 1. The van der Waals surface area contributed by atoms with Gasteiger partial charge in [-0.05, 0) is 37.6 Å². The molecule has 2 saturated heterocycles. The highest BCUT2D eigenvalue weighted by Crippen LogP contribution is 2.43. The maximum Gasteiger partial charge on any atom is 0.233 e. The van der Waals surface area contributed by atoms with Crippen LogP contribution in [0, 0.1) is 0 Å². The predicted octanol–water partition coefficient (Wildman–Crippen LogP) is 3.04. The third kappa shape index (κ3) is 4.53. The zero-order valence-electron chi connectivity index (χ0n) is 19.4. The minimum absolute atomic E-state index is 0.280. The lowest BCUT2D eigenvalue weighted by molar-refractivity contribution is -0.137. The lowest BCUT2D eigenvalue weighted by Crippen LogP contribution is -2.54. The lowest BCUT2D eigenvalue weighted by atomic mass is 9.77. The largest absolute Gasteiger partial charge is 0.354 e. The Morgan fingerprint density at radius 2 is 1.39 bits per heavy atom. The van der Waals surface area contributed by atoms with Crippen LogP contribution in [0.15, 0.2) is 36.7 Å². The summed E-state index contributed by atoms with van der Waals surface area (Å²) in [6.45, 7) is 7.11. The topological polar surface area (TPSA) is 55.8 Å². The Morgan fingerprint density at radius 1 is 0.848 bits per heavy atom. The number of nitrogens with zero attached hydrogens (tertiary/aromatic N) is 6. The quantitative estimate of drug-likeness (QED) is 0.687. The molecule has 2 aromatic rings. The first-order valence-corrected chi connectivity index (χ1v) is 12.5. The number of rotatable bonds is 4. The van der Waals surface area contributed by atoms with Gasteiger partial charge >= 0.3 is 0 Å². The van der Waals surface area contributed by atoms with Crippen molar-refractivity contribution >= 4 is 29.1 Å². The summed E-state index contributed by atoms with van der Waals surface area (Å²) < 4.78 is 0. The molecule has 2 aliphatic heterocycles. The van der Waals surface area contributed by atoms with E-state index in [1.807, 2.05) is 24.3 Å². The fourth-order valence-electron chi connectivity index (χ4n) is 5.53. The molecule has 0 radical (unpaired) electrons. The number of hydrogen-bond donors (Lipinski definition) is 0. The van der Waals surface area contributed by atoms with Gasteiger partial charge in [0.1, 0.15) is 18.0 Å². The smallest absolute Gasteiger partial charge is 0.233 e. The van der Waals surface area contributed by atoms with Gasteiger partial charge in [0.05, 0.1) is 5.41 Å². The predicted molar refractivity (Wildman–Crippen MR) is 132 cm³/mol. The number of amides is 1. The van der Waals surface area contributed by atoms with Crippen LogP contribution in [0.25, 0.3) is 0 Å². The van der Waals surface area contributed by atoms with Crippen LogP contribution < -0.4 is 9.80 Å². The van der Waals surface area contributed by atoms with Gasteiger partial charge in [0.15, 0.2) is 0 Å². The van der Waals surface area contributed by atoms with Crippen molar-refractivity contribution in [3.05, 3.63) is 47.2 Å². The zero-order chi connectivity index (χ0) is 22.8. The van der Waals surface area contributed by atoms with Gasteiger partial charge in [0, 0.05) is 63.4 Å². The number of piperazine rings is 2. The van der Waals surface area contributed by atoms with Gasteiger partial charge in [-0.15, -0.1) is 0 Å². The minimum atomic E-state index is -0.393. The van der Waals surface area contributed by atoms with Gasteiger partial charge < -0.3 is 19.6 Å². The van der Waals surface area contributed by atoms with E-state index in [9.17, 15) is 4.79 Å². The molecule has 0 spiro atoms. The number of benzene rings is 1. The molecule has 8 heteroatoms. The molecule has 1 saturated carbocycles. The molecule has 1 aliphatic carbocycles. The molecule has 3 heterocycles. The van der Waals surface area contributed by atoms with Crippen molar-refractivity contribution in [3.8, 4) is 0 Å². The summed E-state index contributed by atoms with van der Waals surface area (Å²) in [7, 11) is 2.16. The van der Waals surface area contributed by atoms with Crippen LogP contribution in [0.2, 0.25) is 5.02 Å². The van der Waals surface area contributed by atoms with Crippen molar-refractivity contribution < 1.29 is 4.79 Å². The molecule has 0 bridgehead atoms. The molecular weight excluding hydrogens is 436 g/mol. The van der Waals surface area contributed by atoms with E-state index in [2.05, 4.69) is 42.7 Å². The normalized spacial score (nSPS) is 21.5. The van der Waals surface area contributed by atoms with Crippen LogP contribution >= 0.6 is 11.6 Å². The Hall–Kier alpha value is -2.38. The summed E-state index contributed by atoms with van der Waals surface area (Å²) in [6.07, 6.45) is 5.73. The van der Waals surface area contributed by atoms with Crippen LogP contribution in [0.3, 0.4) is 0 Å². The lowest BCUT2D eigenvalue weighted by Gasteiger charge is -2.40. The van der Waals surface area contributed by atoms with Crippen LogP contribution in [-0.4, -0.2) is 85.1 Å². The van der Waals surface area contributed by atoms with Crippen LogP contribution in [0.1, 0.15) is 31.2 Å². The van der Waals surface area contributed by atoms with Crippen molar-refractivity contribution in [1.29, 1.82) is 0 Å². The summed E-state index contributed by atoms with van der Waals surface area (Å²) in [5, 5.41) is 0.716. The molecule has 1 aromatic carbocycles. The van der Waals surface area contributed by atoms with Crippen LogP contribution in [0.5, 0.6) is 0 Å². The molecule has 0 N–H and O–H groups in total. The fraction of sp³-hybridized carbons (Fsp3) is 0.560. The number of aromatic nitrogens is 2. The molecular formula is C25H33ClN6O. The Balaban J connectivity index is 1.26. The Morgan fingerprint density at radius 3 is 1.97 bits per heavy atom. The van der Waals surface area contributed by atoms with E-state index in [1.165, 1.54) is 0 Å². The molecule has 3 fully saturated rings. The molecule has 0 unspecified atom stereocenters. The number of carbonyl (C=O) groups excluding carboxylic acids is 1. The summed E-state index contributed by atoms with van der Waals surface area (Å²) >= 11 is 6.12. The van der Waals surface area contributed by atoms with E-state index in [-0.39, 0.29) is 5.91 Å². The van der Waals surface area contributed by atoms with E-state index in [1.54, 1.807) is 6.33 Å². The SMILES string of the molecule is CN1CCN(c2cc(N3CCN(C(=O)C4(c5ccc(Cl)cc5)CCCC4)CC3)ncn2)CC1. The van der Waals surface area contributed by atoms with E-state index in [0.29, 0.717) is 5.02 Å². The highest BCUT2D eigenvalue weighted by Gasteiger charge is 2.45. The third-order valence-electron chi connectivity index (χ3n) is 7.62. The van der Waals surface area contributed by atoms with Crippen LogP contribution in [0.4, 0.5) is 11.6 Å². The number of halogens is 1. The van der Waals surface area contributed by atoms with Crippen molar-refractivity contribution in [1.82, 2.24) is 19.8 Å². The second-order valence-corrected chi connectivity index (χ2v) is 10.0. The summed E-state index contributed by atoms with van der Waals surface area (Å²) in [5.74, 6) is 2.24. The third-order valence-corrected chi connectivity index (χ3v) is 7.87. The Kier molecular flexibility index (Phi) is 6.43. The molecule has 3 aliphatic rings. The monoisotopic (exact) mass is 468 g/mol. The zero-order valence-corrected chi connectivity index (χ0v) is 20.2. The minimum Gasteiger partial charge on any atom is -0.354 e. The van der Waals surface area contributed by atoms with Crippen molar-refractivity contribution in [2.45, 2.75) is 31.1 Å². The van der Waals surface area contributed by atoms with E-state index in [0.717, 1.165) is 95.2 Å². The van der Waals surface area contributed by atoms with Gasteiger partial charge in [-0.3, -0.25) is 4.79 Å². The van der Waals surface area contributed by atoms with E-state index >= 15 is 0 Å². The van der Waals surface area contributed by atoms with Crippen LogP contribution in [-0.2, 0) is 10.2 Å². The second-order valence-electron chi connectivity index (χ2n) is 9.60. The average molecular weight is 469 g/mol. The van der Waals surface area contributed by atoms with Gasteiger partial charge in [-0.25, -0.2) is 9.97 Å². The maximum absolute atomic E-state index is 13.8. The van der Waals surface area contributed by atoms with Gasteiger partial charge in [-0.2, -0.15) is 0 Å². The Bertz CT molecular complexity index is 961. The van der Waals surface area contributed by atoms with Gasteiger partial charge in [0.25, 0.3) is 0 Å². The summed E-state index contributed by atoms with van der Waals surface area (Å²) in [4.78, 5) is 31.9. The summed E-state index contributed by atoms with van der Waals surface area (Å²) in [6, 6.07) is 10.0. The first-order valence-electron chi connectivity index (χ1n) is 12.1. The maximum atomic E-state index is 13.8. The average Bonchev–Trinajstić information content (AvgIpc) is 3.36. The number of likely N-dealkylation sites (N-methyl/N-ethyl adjacent to an activating group) is 1. The molecule has 7 nitrogen and oxygen atoms in total. The fourth-order valence-corrected chi connectivity index (χ4v) is 5.66. The second kappa shape index (κ2) is 9.47. The van der Waals surface area contributed by atoms with Gasteiger partial charge in [-0.1, -0.05) is 36.6 Å². The first kappa shape index (κ1) is 22.4. The van der Waals surface area contributed by atoms with Gasteiger partial charge in [0.2, 0.25) is 5.91 Å². The molecule has 0 atom stereocenters. The van der Waals surface area contributed by atoms with Crippen molar-refractivity contribution in [2.75, 3.05) is 69.2 Å². The molecule has 1 amide bonds. The van der Waals surface area contributed by atoms with E-state index < -0.39 is 5.41 Å². The molecule has 1 aromatic heterocycles. The summed E-state index contributed by atoms with van der Waals surface area (Å²) in [5.41, 5.74) is 0.723. The first-order chi connectivity index (χ1) is 16.0. The number of hydrogen-bond acceptors (Lipinski definition) is 6.